The summed E-state index contributed by atoms with van der Waals surface area (Å²) < 4.78 is 25.2. The van der Waals surface area contributed by atoms with Gasteiger partial charge in [0.05, 0.1) is 18.6 Å². The molecule has 0 bridgehead atoms. The molecule has 0 aliphatic carbocycles. The molecule has 9 heteroatoms. The molecular formula is C9H12N6O2S. The van der Waals surface area contributed by atoms with Gasteiger partial charge >= 0.3 is 0 Å². The van der Waals surface area contributed by atoms with Crippen molar-refractivity contribution in [1.82, 2.24) is 25.3 Å². The zero-order chi connectivity index (χ0) is 12.8. The van der Waals surface area contributed by atoms with Crippen molar-refractivity contribution in [1.29, 1.82) is 0 Å². The van der Waals surface area contributed by atoms with E-state index in [0.29, 0.717) is 30.1 Å². The Bertz CT molecular complexity index is 677. The third-order valence-corrected chi connectivity index (χ3v) is 4.05. The predicted octanol–water partition coefficient (Wildman–Crippen LogP) is -0.909. The standard InChI is InChI=1S/C9H12N6O2S/c1-18(16,17)15(6-2-10-3-6)9-7-8(12-4-11-7)13-5-14-9/h4-6,10H,2-3H2,1H3,(H,11,12,13,14). The molecule has 0 saturated carbocycles. The minimum Gasteiger partial charge on any atom is -0.340 e. The molecule has 1 fully saturated rings. The number of imidazole rings is 1. The number of aromatic amines is 1. The predicted molar refractivity (Wildman–Crippen MR) is 65.7 cm³/mol. The van der Waals surface area contributed by atoms with E-state index in [1.54, 1.807) is 0 Å². The maximum Gasteiger partial charge on any atom is 0.233 e. The van der Waals surface area contributed by atoms with Gasteiger partial charge in [-0.1, -0.05) is 0 Å². The van der Waals surface area contributed by atoms with E-state index in [9.17, 15) is 8.42 Å². The molecule has 0 unspecified atom stereocenters. The van der Waals surface area contributed by atoms with Crippen LogP contribution >= 0.6 is 0 Å². The Morgan fingerprint density at radius 1 is 1.33 bits per heavy atom. The van der Waals surface area contributed by atoms with Crippen molar-refractivity contribution in [2.75, 3.05) is 23.7 Å². The van der Waals surface area contributed by atoms with Crippen molar-refractivity contribution in [2.24, 2.45) is 0 Å². The van der Waals surface area contributed by atoms with Gasteiger partial charge in [-0.3, -0.25) is 0 Å². The van der Waals surface area contributed by atoms with Crippen molar-refractivity contribution in [3.8, 4) is 0 Å². The van der Waals surface area contributed by atoms with E-state index in [-0.39, 0.29) is 6.04 Å². The van der Waals surface area contributed by atoms with Crippen molar-refractivity contribution in [3.05, 3.63) is 12.7 Å². The molecule has 2 N–H and O–H groups in total. The van der Waals surface area contributed by atoms with Crippen LogP contribution in [0.2, 0.25) is 0 Å². The van der Waals surface area contributed by atoms with Crippen LogP contribution in [0.25, 0.3) is 11.2 Å². The molecular weight excluding hydrogens is 256 g/mol. The molecule has 0 radical (unpaired) electrons. The van der Waals surface area contributed by atoms with Crippen molar-refractivity contribution >= 4 is 27.0 Å². The largest absolute Gasteiger partial charge is 0.340 e. The number of H-pyrrole nitrogens is 1. The van der Waals surface area contributed by atoms with Crippen LogP contribution in [-0.2, 0) is 10.0 Å². The summed E-state index contributed by atoms with van der Waals surface area (Å²) in [6.45, 7) is 1.24. The lowest BCUT2D eigenvalue weighted by Crippen LogP contribution is -2.59. The van der Waals surface area contributed by atoms with Crippen LogP contribution in [0, 0.1) is 0 Å². The van der Waals surface area contributed by atoms with Gasteiger partial charge in [0.25, 0.3) is 0 Å². The first kappa shape index (κ1) is 11.4. The molecule has 1 aliphatic heterocycles. The molecule has 18 heavy (non-hydrogen) atoms. The van der Waals surface area contributed by atoms with Crippen molar-refractivity contribution in [2.45, 2.75) is 6.04 Å². The monoisotopic (exact) mass is 268 g/mol. The Morgan fingerprint density at radius 2 is 2.11 bits per heavy atom. The molecule has 0 atom stereocenters. The first-order chi connectivity index (χ1) is 8.57. The number of nitrogens with one attached hydrogen (secondary N) is 2. The lowest BCUT2D eigenvalue weighted by atomic mass is 10.2. The van der Waals surface area contributed by atoms with Gasteiger partial charge in [-0.15, -0.1) is 0 Å². The average Bonchev–Trinajstić information content (AvgIpc) is 2.69. The fraction of sp³-hybridized carbons (Fsp3) is 0.444. The minimum atomic E-state index is -3.39. The van der Waals surface area contributed by atoms with Gasteiger partial charge < -0.3 is 10.3 Å². The number of sulfonamides is 1. The Hall–Kier alpha value is -1.74. The van der Waals surface area contributed by atoms with Gasteiger partial charge in [-0.25, -0.2) is 27.7 Å². The number of rotatable bonds is 3. The van der Waals surface area contributed by atoms with E-state index in [1.165, 1.54) is 23.2 Å². The summed E-state index contributed by atoms with van der Waals surface area (Å²) in [7, 11) is -3.39. The molecule has 1 aliphatic rings. The zero-order valence-electron chi connectivity index (χ0n) is 9.66. The number of hydrogen-bond acceptors (Lipinski definition) is 6. The van der Waals surface area contributed by atoms with Crippen LogP contribution in [0.15, 0.2) is 12.7 Å². The lowest BCUT2D eigenvalue weighted by Gasteiger charge is -2.37. The SMILES string of the molecule is CS(=O)(=O)N(c1ncnc2nc[nH]c12)C1CNC1. The highest BCUT2D eigenvalue weighted by atomic mass is 32.2. The van der Waals surface area contributed by atoms with Crippen LogP contribution in [-0.4, -0.2) is 53.7 Å². The topological polar surface area (TPSA) is 104 Å². The van der Waals surface area contributed by atoms with Crippen LogP contribution in [0.1, 0.15) is 0 Å². The molecule has 96 valence electrons. The Morgan fingerprint density at radius 3 is 2.72 bits per heavy atom. The molecule has 0 aromatic carbocycles. The smallest absolute Gasteiger partial charge is 0.233 e. The quantitative estimate of drug-likeness (QED) is 0.747. The maximum absolute atomic E-state index is 11.9. The van der Waals surface area contributed by atoms with Gasteiger partial charge in [-0.2, -0.15) is 0 Å². The molecule has 1 saturated heterocycles. The second kappa shape index (κ2) is 3.89. The first-order valence-corrected chi connectivity index (χ1v) is 7.26. The Kier molecular flexibility index (Phi) is 2.45. The van der Waals surface area contributed by atoms with Crippen LogP contribution in [0.4, 0.5) is 5.82 Å². The minimum absolute atomic E-state index is 0.110. The Balaban J connectivity index is 2.17. The Labute approximate surface area is 104 Å². The van der Waals surface area contributed by atoms with Crippen molar-refractivity contribution < 1.29 is 8.42 Å². The third-order valence-electron chi connectivity index (χ3n) is 2.86. The fourth-order valence-corrected chi connectivity index (χ4v) is 3.10. The van der Waals surface area contributed by atoms with Crippen LogP contribution in [0.3, 0.4) is 0 Å². The summed E-state index contributed by atoms with van der Waals surface area (Å²) in [5.74, 6) is 0.353. The molecule has 3 rings (SSSR count). The number of anilines is 1. The van der Waals surface area contributed by atoms with Gasteiger partial charge in [0.2, 0.25) is 10.0 Å². The van der Waals surface area contributed by atoms with Crippen LogP contribution < -0.4 is 9.62 Å². The van der Waals surface area contributed by atoms with Gasteiger partial charge in [0, 0.05) is 13.1 Å². The van der Waals surface area contributed by atoms with E-state index in [1.807, 2.05) is 0 Å². The maximum atomic E-state index is 11.9. The molecule has 2 aromatic heterocycles. The number of aromatic nitrogens is 4. The molecule has 0 amide bonds. The van der Waals surface area contributed by atoms with Gasteiger partial charge in [0.1, 0.15) is 11.8 Å². The summed E-state index contributed by atoms with van der Waals surface area (Å²) in [6.07, 6.45) is 3.97. The summed E-state index contributed by atoms with van der Waals surface area (Å²) in [5, 5.41) is 3.05. The number of nitrogens with zero attached hydrogens (tertiary/aromatic N) is 4. The highest BCUT2D eigenvalue weighted by molar-refractivity contribution is 7.92. The third kappa shape index (κ3) is 1.71. The number of hydrogen-bond donors (Lipinski definition) is 2. The average molecular weight is 268 g/mol. The molecule has 0 spiro atoms. The van der Waals surface area contributed by atoms with Gasteiger partial charge in [0.15, 0.2) is 11.5 Å². The van der Waals surface area contributed by atoms with Crippen LogP contribution in [0.5, 0.6) is 0 Å². The first-order valence-electron chi connectivity index (χ1n) is 5.41. The second-order valence-corrected chi connectivity index (χ2v) is 6.03. The van der Waals surface area contributed by atoms with E-state index in [2.05, 4.69) is 25.3 Å². The fourth-order valence-electron chi connectivity index (χ4n) is 1.96. The molecule has 3 heterocycles. The van der Waals surface area contributed by atoms with Crippen molar-refractivity contribution in [3.63, 3.8) is 0 Å². The second-order valence-electron chi connectivity index (χ2n) is 4.17. The van der Waals surface area contributed by atoms with Gasteiger partial charge in [-0.05, 0) is 0 Å². The molecule has 2 aromatic rings. The lowest BCUT2D eigenvalue weighted by molar-refractivity contribution is 0.440. The van der Waals surface area contributed by atoms with E-state index >= 15 is 0 Å². The summed E-state index contributed by atoms with van der Waals surface area (Å²) in [4.78, 5) is 14.9. The van der Waals surface area contributed by atoms with E-state index < -0.39 is 10.0 Å². The summed E-state index contributed by atoms with van der Waals surface area (Å²) in [6, 6.07) is -0.110. The van der Waals surface area contributed by atoms with E-state index in [4.69, 9.17) is 0 Å². The zero-order valence-corrected chi connectivity index (χ0v) is 10.5. The highest BCUT2D eigenvalue weighted by Gasteiger charge is 2.33. The highest BCUT2D eigenvalue weighted by Crippen LogP contribution is 2.25. The normalized spacial score (nSPS) is 16.7. The summed E-state index contributed by atoms with van der Waals surface area (Å²) in [5.41, 5.74) is 0.996. The van der Waals surface area contributed by atoms with E-state index in [0.717, 1.165) is 0 Å². The molecule has 8 nitrogen and oxygen atoms in total. The summed E-state index contributed by atoms with van der Waals surface area (Å²) >= 11 is 0. The number of fused-ring (bicyclic) bond motifs is 1.